The molecular weight excluding hydrogens is 326 g/mol. The molecule has 0 aliphatic rings. The van der Waals surface area contributed by atoms with E-state index in [9.17, 15) is 0 Å². The number of nitrogen functional groups attached to an aromatic ring is 1. The van der Waals surface area contributed by atoms with E-state index in [2.05, 4.69) is 20.9 Å². The fraction of sp³-hybridized carbons (Fsp3) is 0.0714. The highest BCUT2D eigenvalue weighted by Gasteiger charge is 2.11. The number of fused-ring (bicyclic) bond motifs is 1. The van der Waals surface area contributed by atoms with Crippen LogP contribution in [0.15, 0.2) is 40.9 Å². The standard InChI is InChI=1S/C14H11BrClN3/c1-19-13-3-2-9(15)6-12(13)18-14(19)8-4-10(16)7-11(17)5-8/h2-7H,17H2,1H3. The van der Waals surface area contributed by atoms with Gasteiger partial charge in [0.2, 0.25) is 0 Å². The maximum absolute atomic E-state index is 6.05. The molecule has 0 saturated carbocycles. The summed E-state index contributed by atoms with van der Waals surface area (Å²) in [5.74, 6) is 0.849. The van der Waals surface area contributed by atoms with Gasteiger partial charge in [-0.2, -0.15) is 0 Å². The molecule has 2 N–H and O–H groups in total. The molecule has 0 spiro atoms. The van der Waals surface area contributed by atoms with Gasteiger partial charge in [-0.05, 0) is 36.4 Å². The van der Waals surface area contributed by atoms with E-state index in [0.29, 0.717) is 10.7 Å². The maximum atomic E-state index is 6.05. The molecule has 3 aromatic rings. The monoisotopic (exact) mass is 335 g/mol. The van der Waals surface area contributed by atoms with E-state index in [-0.39, 0.29) is 0 Å². The van der Waals surface area contributed by atoms with Crippen LogP contribution in [-0.2, 0) is 7.05 Å². The van der Waals surface area contributed by atoms with E-state index in [1.807, 2.05) is 41.9 Å². The Morgan fingerprint density at radius 1 is 1.21 bits per heavy atom. The lowest BCUT2D eigenvalue weighted by atomic mass is 10.2. The zero-order chi connectivity index (χ0) is 13.6. The topological polar surface area (TPSA) is 43.8 Å². The second-order valence-corrected chi connectivity index (χ2v) is 5.75. The number of imidazole rings is 1. The highest BCUT2D eigenvalue weighted by Crippen LogP contribution is 2.29. The van der Waals surface area contributed by atoms with Crippen LogP contribution in [0.2, 0.25) is 5.02 Å². The van der Waals surface area contributed by atoms with Gasteiger partial charge in [-0.3, -0.25) is 0 Å². The van der Waals surface area contributed by atoms with Crippen LogP contribution in [0.3, 0.4) is 0 Å². The molecule has 0 atom stereocenters. The predicted molar refractivity (Wildman–Crippen MR) is 83.3 cm³/mol. The van der Waals surface area contributed by atoms with Crippen molar-refractivity contribution in [3.05, 3.63) is 45.9 Å². The molecule has 5 heteroatoms. The third-order valence-electron chi connectivity index (χ3n) is 3.02. The first kappa shape index (κ1) is 12.5. The van der Waals surface area contributed by atoms with E-state index < -0.39 is 0 Å². The summed E-state index contributed by atoms with van der Waals surface area (Å²) in [5, 5.41) is 0.614. The molecule has 19 heavy (non-hydrogen) atoms. The van der Waals surface area contributed by atoms with Crippen molar-refractivity contribution in [3.63, 3.8) is 0 Å². The summed E-state index contributed by atoms with van der Waals surface area (Å²) in [4.78, 5) is 4.64. The number of aromatic nitrogens is 2. The first-order chi connectivity index (χ1) is 9.04. The highest BCUT2D eigenvalue weighted by atomic mass is 79.9. The molecule has 0 bridgehead atoms. The van der Waals surface area contributed by atoms with Gasteiger partial charge in [0.25, 0.3) is 0 Å². The number of aryl methyl sites for hydroxylation is 1. The summed E-state index contributed by atoms with van der Waals surface area (Å²) < 4.78 is 3.04. The fourth-order valence-corrected chi connectivity index (χ4v) is 2.77. The Morgan fingerprint density at radius 2 is 2.00 bits per heavy atom. The van der Waals surface area contributed by atoms with Gasteiger partial charge < -0.3 is 10.3 Å². The quantitative estimate of drug-likeness (QED) is 0.676. The Morgan fingerprint density at radius 3 is 2.74 bits per heavy atom. The molecule has 0 radical (unpaired) electrons. The third kappa shape index (κ3) is 2.22. The van der Waals surface area contributed by atoms with Gasteiger partial charge in [-0.1, -0.05) is 27.5 Å². The Balaban J connectivity index is 2.27. The van der Waals surface area contributed by atoms with Crippen molar-refractivity contribution in [1.82, 2.24) is 9.55 Å². The van der Waals surface area contributed by atoms with Gasteiger partial charge in [0.1, 0.15) is 5.82 Å². The van der Waals surface area contributed by atoms with E-state index in [0.717, 1.165) is 26.9 Å². The summed E-state index contributed by atoms with van der Waals surface area (Å²) in [7, 11) is 1.98. The molecular formula is C14H11BrClN3. The minimum atomic E-state index is 0.614. The minimum absolute atomic E-state index is 0.614. The smallest absolute Gasteiger partial charge is 0.140 e. The van der Waals surface area contributed by atoms with Gasteiger partial charge in [0, 0.05) is 27.8 Å². The lowest BCUT2D eigenvalue weighted by Crippen LogP contribution is -1.94. The molecule has 0 unspecified atom stereocenters. The molecule has 1 heterocycles. The zero-order valence-corrected chi connectivity index (χ0v) is 12.5. The number of hydrogen-bond acceptors (Lipinski definition) is 2. The van der Waals surface area contributed by atoms with Crippen LogP contribution in [0.5, 0.6) is 0 Å². The summed E-state index contributed by atoms with van der Waals surface area (Å²) >= 11 is 9.51. The Labute approximate surface area is 124 Å². The normalized spacial score (nSPS) is 11.1. The summed E-state index contributed by atoms with van der Waals surface area (Å²) in [6.45, 7) is 0. The third-order valence-corrected chi connectivity index (χ3v) is 3.73. The largest absolute Gasteiger partial charge is 0.399 e. The zero-order valence-electron chi connectivity index (χ0n) is 10.2. The summed E-state index contributed by atoms with van der Waals surface area (Å²) in [6, 6.07) is 11.5. The van der Waals surface area contributed by atoms with Crippen LogP contribution >= 0.6 is 27.5 Å². The summed E-state index contributed by atoms with van der Waals surface area (Å²) in [6.07, 6.45) is 0. The number of benzene rings is 2. The first-order valence-electron chi connectivity index (χ1n) is 5.73. The van der Waals surface area contributed by atoms with Gasteiger partial charge in [-0.25, -0.2) is 4.98 Å². The highest BCUT2D eigenvalue weighted by molar-refractivity contribution is 9.10. The molecule has 96 valence electrons. The fourth-order valence-electron chi connectivity index (χ4n) is 2.17. The molecule has 1 aromatic heterocycles. The first-order valence-corrected chi connectivity index (χ1v) is 6.90. The molecule has 0 amide bonds. The number of hydrogen-bond donors (Lipinski definition) is 1. The van der Waals surface area contributed by atoms with E-state index in [4.69, 9.17) is 17.3 Å². The van der Waals surface area contributed by atoms with Crippen LogP contribution < -0.4 is 5.73 Å². The van der Waals surface area contributed by atoms with Crippen LogP contribution in [0, 0.1) is 0 Å². The lowest BCUT2D eigenvalue weighted by molar-refractivity contribution is 0.959. The molecule has 2 aromatic carbocycles. The SMILES string of the molecule is Cn1c(-c2cc(N)cc(Cl)c2)nc2cc(Br)ccc21. The van der Waals surface area contributed by atoms with E-state index >= 15 is 0 Å². The van der Waals surface area contributed by atoms with Crippen molar-refractivity contribution in [1.29, 1.82) is 0 Å². The average molecular weight is 337 g/mol. The van der Waals surface area contributed by atoms with Crippen molar-refractivity contribution in [2.75, 3.05) is 5.73 Å². The Kier molecular flexibility index (Phi) is 2.99. The molecule has 0 fully saturated rings. The Bertz CT molecular complexity index is 759. The summed E-state index contributed by atoms with van der Waals surface area (Å²) in [5.41, 5.74) is 9.39. The number of halogens is 2. The minimum Gasteiger partial charge on any atom is -0.399 e. The number of anilines is 1. The van der Waals surface area contributed by atoms with Crippen LogP contribution in [-0.4, -0.2) is 9.55 Å². The van der Waals surface area contributed by atoms with Gasteiger partial charge in [0.05, 0.1) is 11.0 Å². The van der Waals surface area contributed by atoms with Crippen molar-refractivity contribution in [2.45, 2.75) is 0 Å². The van der Waals surface area contributed by atoms with E-state index in [1.54, 1.807) is 6.07 Å². The van der Waals surface area contributed by atoms with Gasteiger partial charge in [0.15, 0.2) is 0 Å². The maximum Gasteiger partial charge on any atom is 0.140 e. The molecule has 0 aliphatic heterocycles. The van der Waals surface area contributed by atoms with Crippen LogP contribution in [0.1, 0.15) is 0 Å². The molecule has 0 aliphatic carbocycles. The number of nitrogens with two attached hydrogens (primary N) is 1. The second-order valence-electron chi connectivity index (χ2n) is 4.40. The van der Waals surface area contributed by atoms with E-state index in [1.165, 1.54) is 0 Å². The molecule has 0 saturated heterocycles. The average Bonchev–Trinajstić information content (AvgIpc) is 2.65. The van der Waals surface area contributed by atoms with Crippen molar-refractivity contribution in [2.24, 2.45) is 7.05 Å². The number of nitrogens with zero attached hydrogens (tertiary/aromatic N) is 2. The van der Waals surface area contributed by atoms with Crippen molar-refractivity contribution >= 4 is 44.3 Å². The Hall–Kier alpha value is -1.52. The predicted octanol–water partition coefficient (Wildman–Crippen LogP) is 4.24. The van der Waals surface area contributed by atoms with Crippen LogP contribution in [0.4, 0.5) is 5.69 Å². The molecule has 3 rings (SSSR count). The van der Waals surface area contributed by atoms with Crippen LogP contribution in [0.25, 0.3) is 22.4 Å². The van der Waals surface area contributed by atoms with Crippen molar-refractivity contribution < 1.29 is 0 Å². The van der Waals surface area contributed by atoms with Crippen molar-refractivity contribution in [3.8, 4) is 11.4 Å². The van der Waals surface area contributed by atoms with Gasteiger partial charge >= 0.3 is 0 Å². The van der Waals surface area contributed by atoms with Gasteiger partial charge in [-0.15, -0.1) is 0 Å². The lowest BCUT2D eigenvalue weighted by Gasteiger charge is -2.04. The second kappa shape index (κ2) is 4.54. The molecule has 3 nitrogen and oxygen atoms in total. The number of rotatable bonds is 1.